The molecule has 0 aliphatic carbocycles. The summed E-state index contributed by atoms with van der Waals surface area (Å²) in [4.78, 5) is 1.57. The number of rotatable bonds is 2. The molecule has 1 aromatic heterocycles. The van der Waals surface area contributed by atoms with E-state index < -0.39 is 0 Å². The molecule has 1 aromatic carbocycles. The lowest BCUT2D eigenvalue weighted by atomic mass is 10.2. The highest BCUT2D eigenvalue weighted by molar-refractivity contribution is 6.33. The van der Waals surface area contributed by atoms with E-state index >= 15 is 0 Å². The Kier molecular flexibility index (Phi) is 3.45. The molecule has 6 heteroatoms. The van der Waals surface area contributed by atoms with E-state index in [-0.39, 0.29) is 16.1 Å². The molecule has 88 valence electrons. The Morgan fingerprint density at radius 1 is 1.12 bits per heavy atom. The lowest BCUT2D eigenvalue weighted by molar-refractivity contribution is 0.627. The van der Waals surface area contributed by atoms with Gasteiger partial charge in [0.2, 0.25) is 0 Å². The summed E-state index contributed by atoms with van der Waals surface area (Å²) in [5.41, 5.74) is 0.884. The first-order valence-corrected chi connectivity index (χ1v) is 5.52. The standard InChI is InChI=1S/C11H8Cl2FN3/c1-17(8-5-3-2-4-7(8)14)9-6-10(12)15-16-11(9)13/h2-6H,1H3. The summed E-state index contributed by atoms with van der Waals surface area (Å²) >= 11 is 11.6. The van der Waals surface area contributed by atoms with Crippen LogP contribution in [-0.2, 0) is 0 Å². The van der Waals surface area contributed by atoms with Crippen molar-refractivity contribution in [3.63, 3.8) is 0 Å². The minimum absolute atomic E-state index is 0.167. The van der Waals surface area contributed by atoms with Crippen molar-refractivity contribution in [2.75, 3.05) is 11.9 Å². The minimum atomic E-state index is -0.348. The van der Waals surface area contributed by atoms with Crippen molar-refractivity contribution in [3.05, 3.63) is 46.5 Å². The van der Waals surface area contributed by atoms with Crippen LogP contribution in [-0.4, -0.2) is 17.2 Å². The van der Waals surface area contributed by atoms with E-state index in [4.69, 9.17) is 23.2 Å². The molecule has 0 amide bonds. The number of hydrogen-bond acceptors (Lipinski definition) is 3. The lowest BCUT2D eigenvalue weighted by Crippen LogP contribution is -2.12. The summed E-state index contributed by atoms with van der Waals surface area (Å²) in [5, 5.41) is 7.64. The van der Waals surface area contributed by atoms with Crippen molar-refractivity contribution >= 4 is 34.6 Å². The molecule has 0 atom stereocenters. The summed E-state index contributed by atoms with van der Waals surface area (Å²) in [7, 11) is 1.68. The van der Waals surface area contributed by atoms with Gasteiger partial charge in [0.05, 0.1) is 11.4 Å². The molecule has 0 saturated heterocycles. The Bertz CT molecular complexity index is 548. The van der Waals surface area contributed by atoms with E-state index in [1.807, 2.05) is 0 Å². The second kappa shape index (κ2) is 4.85. The van der Waals surface area contributed by atoms with Crippen LogP contribution < -0.4 is 4.90 Å². The number of hydrogen-bond donors (Lipinski definition) is 0. The van der Waals surface area contributed by atoms with E-state index in [1.165, 1.54) is 12.1 Å². The smallest absolute Gasteiger partial charge is 0.175 e. The van der Waals surface area contributed by atoms with Crippen LogP contribution in [0, 0.1) is 5.82 Å². The zero-order valence-electron chi connectivity index (χ0n) is 8.86. The molecule has 0 N–H and O–H groups in total. The van der Waals surface area contributed by atoms with Gasteiger partial charge in [-0.2, -0.15) is 0 Å². The predicted molar refractivity (Wildman–Crippen MR) is 66.5 cm³/mol. The normalized spacial score (nSPS) is 10.4. The summed E-state index contributed by atoms with van der Waals surface area (Å²) in [6.45, 7) is 0. The third-order valence-corrected chi connectivity index (χ3v) is 2.73. The van der Waals surface area contributed by atoms with Gasteiger partial charge < -0.3 is 4.90 Å². The summed E-state index contributed by atoms with van der Waals surface area (Å²) in [5.74, 6) is -0.348. The number of nitrogens with zero attached hydrogens (tertiary/aromatic N) is 3. The molecule has 1 heterocycles. The first-order valence-electron chi connectivity index (χ1n) is 4.76. The molecule has 3 nitrogen and oxygen atoms in total. The van der Waals surface area contributed by atoms with Crippen LogP contribution in [0.5, 0.6) is 0 Å². The second-order valence-electron chi connectivity index (χ2n) is 3.35. The molecule has 0 spiro atoms. The largest absolute Gasteiger partial charge is 0.340 e. The van der Waals surface area contributed by atoms with E-state index in [2.05, 4.69) is 10.2 Å². The predicted octanol–water partition coefficient (Wildman–Crippen LogP) is 3.69. The van der Waals surface area contributed by atoms with Crippen molar-refractivity contribution in [1.29, 1.82) is 0 Å². The van der Waals surface area contributed by atoms with Gasteiger partial charge in [0, 0.05) is 13.1 Å². The van der Waals surface area contributed by atoms with E-state index in [1.54, 1.807) is 30.1 Å². The van der Waals surface area contributed by atoms with Crippen LogP contribution in [0.1, 0.15) is 0 Å². The Labute approximate surface area is 108 Å². The number of anilines is 2. The quantitative estimate of drug-likeness (QED) is 0.834. The molecule has 0 unspecified atom stereocenters. The molecule has 0 fully saturated rings. The maximum absolute atomic E-state index is 13.6. The molecular weight excluding hydrogens is 264 g/mol. The van der Waals surface area contributed by atoms with Gasteiger partial charge in [-0.05, 0) is 12.1 Å². The monoisotopic (exact) mass is 271 g/mol. The molecule has 0 saturated carbocycles. The zero-order valence-corrected chi connectivity index (χ0v) is 10.4. The lowest BCUT2D eigenvalue weighted by Gasteiger charge is -2.20. The van der Waals surface area contributed by atoms with Crippen LogP contribution in [0.2, 0.25) is 10.3 Å². The third-order valence-electron chi connectivity index (χ3n) is 2.28. The minimum Gasteiger partial charge on any atom is -0.340 e. The maximum Gasteiger partial charge on any atom is 0.175 e. The highest BCUT2D eigenvalue weighted by Gasteiger charge is 2.13. The van der Waals surface area contributed by atoms with Crippen LogP contribution in [0.3, 0.4) is 0 Å². The average molecular weight is 272 g/mol. The topological polar surface area (TPSA) is 29.0 Å². The molecule has 0 bridgehead atoms. The fraction of sp³-hybridized carbons (Fsp3) is 0.0909. The molecule has 0 aliphatic heterocycles. The number of para-hydroxylation sites is 1. The van der Waals surface area contributed by atoms with E-state index in [0.29, 0.717) is 11.4 Å². The van der Waals surface area contributed by atoms with E-state index in [9.17, 15) is 4.39 Å². The van der Waals surface area contributed by atoms with Gasteiger partial charge in [-0.15, -0.1) is 10.2 Å². The Balaban J connectivity index is 2.47. The Morgan fingerprint density at radius 2 is 1.82 bits per heavy atom. The Morgan fingerprint density at radius 3 is 2.53 bits per heavy atom. The SMILES string of the molecule is CN(c1ccccc1F)c1cc(Cl)nnc1Cl. The maximum atomic E-state index is 13.6. The van der Waals surface area contributed by atoms with Gasteiger partial charge in [-0.3, -0.25) is 0 Å². The van der Waals surface area contributed by atoms with Crippen molar-refractivity contribution in [1.82, 2.24) is 10.2 Å². The van der Waals surface area contributed by atoms with Crippen molar-refractivity contribution < 1.29 is 4.39 Å². The third kappa shape index (κ3) is 2.48. The number of halogens is 3. The van der Waals surface area contributed by atoms with Gasteiger partial charge in [0.15, 0.2) is 10.3 Å². The highest BCUT2D eigenvalue weighted by atomic mass is 35.5. The van der Waals surface area contributed by atoms with Gasteiger partial charge in [0.1, 0.15) is 5.82 Å². The van der Waals surface area contributed by atoms with Crippen molar-refractivity contribution in [3.8, 4) is 0 Å². The van der Waals surface area contributed by atoms with E-state index in [0.717, 1.165) is 0 Å². The van der Waals surface area contributed by atoms with Crippen molar-refractivity contribution in [2.45, 2.75) is 0 Å². The molecule has 2 rings (SSSR count). The van der Waals surface area contributed by atoms with Crippen molar-refractivity contribution in [2.24, 2.45) is 0 Å². The fourth-order valence-corrected chi connectivity index (χ4v) is 1.79. The van der Waals surface area contributed by atoms with Gasteiger partial charge in [-0.1, -0.05) is 35.3 Å². The summed E-state index contributed by atoms with van der Waals surface area (Å²) < 4.78 is 13.6. The molecule has 17 heavy (non-hydrogen) atoms. The fourth-order valence-electron chi connectivity index (χ4n) is 1.43. The number of aromatic nitrogens is 2. The highest BCUT2D eigenvalue weighted by Crippen LogP contribution is 2.31. The van der Waals surface area contributed by atoms with Crippen LogP contribution >= 0.6 is 23.2 Å². The Hall–Kier alpha value is -1.39. The van der Waals surface area contributed by atoms with Crippen LogP contribution in [0.15, 0.2) is 30.3 Å². The first-order chi connectivity index (χ1) is 8.09. The molecule has 2 aromatic rings. The molecular formula is C11H8Cl2FN3. The summed E-state index contributed by atoms with van der Waals surface area (Å²) in [6.07, 6.45) is 0. The molecule has 0 aliphatic rings. The zero-order chi connectivity index (χ0) is 12.4. The average Bonchev–Trinajstić information content (AvgIpc) is 2.32. The summed E-state index contributed by atoms with van der Waals surface area (Å²) in [6, 6.07) is 7.89. The van der Waals surface area contributed by atoms with Gasteiger partial charge in [0.25, 0.3) is 0 Å². The first kappa shape index (κ1) is 12.1. The molecule has 0 radical (unpaired) electrons. The van der Waals surface area contributed by atoms with Gasteiger partial charge in [-0.25, -0.2) is 4.39 Å². The second-order valence-corrected chi connectivity index (χ2v) is 4.10. The number of benzene rings is 1. The van der Waals surface area contributed by atoms with Crippen LogP contribution in [0.25, 0.3) is 0 Å². The van der Waals surface area contributed by atoms with Crippen LogP contribution in [0.4, 0.5) is 15.8 Å². The van der Waals surface area contributed by atoms with Gasteiger partial charge >= 0.3 is 0 Å².